The van der Waals surface area contributed by atoms with Crippen LogP contribution in [0.4, 0.5) is 0 Å². The Morgan fingerprint density at radius 1 is 0.296 bits per heavy atom. The van der Waals surface area contributed by atoms with E-state index < -0.39 is 0 Å². The summed E-state index contributed by atoms with van der Waals surface area (Å²) in [5.41, 5.74) is 10.4. The van der Waals surface area contributed by atoms with Crippen molar-refractivity contribution in [1.82, 2.24) is 19.9 Å². The minimum atomic E-state index is 0.537. The molecule has 0 N–H and O–H groups in total. The van der Waals surface area contributed by atoms with Crippen LogP contribution in [0.2, 0.25) is 0 Å². The normalized spacial score (nSPS) is 11.7. The first-order chi connectivity index (χ1) is 26.8. The zero-order valence-corrected chi connectivity index (χ0v) is 28.8. The van der Waals surface area contributed by atoms with Crippen LogP contribution in [0, 0.1) is 0 Å². The van der Waals surface area contributed by atoms with Crippen LogP contribution >= 0.6 is 0 Å². The second-order valence-electron chi connectivity index (χ2n) is 13.4. The van der Waals surface area contributed by atoms with E-state index in [2.05, 4.69) is 96.0 Å². The smallest absolute Gasteiger partial charge is 0.166 e. The van der Waals surface area contributed by atoms with Gasteiger partial charge in [-0.2, -0.15) is 0 Å². The van der Waals surface area contributed by atoms with Crippen molar-refractivity contribution in [3.8, 4) is 56.4 Å². The van der Waals surface area contributed by atoms with Gasteiger partial charge in [0, 0.05) is 44.4 Å². The van der Waals surface area contributed by atoms with Crippen LogP contribution < -0.4 is 0 Å². The molecule has 0 aliphatic rings. The van der Waals surface area contributed by atoms with Crippen molar-refractivity contribution < 1.29 is 8.83 Å². The Labute approximate surface area is 309 Å². The number of aromatic nitrogens is 4. The summed E-state index contributed by atoms with van der Waals surface area (Å²) in [6.45, 7) is 0. The van der Waals surface area contributed by atoms with Crippen LogP contribution in [-0.4, -0.2) is 19.9 Å². The van der Waals surface area contributed by atoms with Gasteiger partial charge in [0.15, 0.2) is 23.1 Å². The van der Waals surface area contributed by atoms with E-state index in [1.54, 1.807) is 6.20 Å². The molecule has 11 aromatic rings. The molecule has 4 heterocycles. The average Bonchev–Trinajstić information content (AvgIpc) is 3.82. The van der Waals surface area contributed by atoms with Crippen molar-refractivity contribution >= 4 is 54.6 Å². The number of furan rings is 2. The number of rotatable bonds is 5. The number of benzene rings is 7. The van der Waals surface area contributed by atoms with E-state index in [4.69, 9.17) is 23.8 Å². The van der Waals surface area contributed by atoms with Crippen molar-refractivity contribution in [3.05, 3.63) is 170 Å². The first-order valence-corrected chi connectivity index (χ1v) is 17.9. The van der Waals surface area contributed by atoms with Gasteiger partial charge < -0.3 is 8.83 Å². The number of nitrogens with zero attached hydrogens (tertiary/aromatic N) is 4. The standard InChI is InChI=1S/C48H28N4O2/c1-2-11-30(12-3-1)46-50-47(52-48(51-46)39-27-49-28-43-45(39)38-16-7-9-19-41(38)54-43)31-23-21-29(22-24-31)32-25-26-35(34-14-5-4-13-33(32)34)36-17-10-20-42-44(36)37-15-6-8-18-40(37)53-42/h1-28H. The maximum atomic E-state index is 6.24. The minimum absolute atomic E-state index is 0.537. The van der Waals surface area contributed by atoms with Gasteiger partial charge in [0.2, 0.25) is 0 Å². The summed E-state index contributed by atoms with van der Waals surface area (Å²) in [5.74, 6) is 1.71. The van der Waals surface area contributed by atoms with Gasteiger partial charge in [0.05, 0.1) is 6.20 Å². The van der Waals surface area contributed by atoms with Gasteiger partial charge >= 0.3 is 0 Å². The third-order valence-electron chi connectivity index (χ3n) is 10.3. The number of fused-ring (bicyclic) bond motifs is 7. The Balaban J connectivity index is 1.04. The quantitative estimate of drug-likeness (QED) is 0.179. The van der Waals surface area contributed by atoms with Gasteiger partial charge in [-0.1, -0.05) is 140 Å². The molecule has 0 aliphatic heterocycles. The van der Waals surface area contributed by atoms with E-state index >= 15 is 0 Å². The molecule has 0 fully saturated rings. The molecule has 54 heavy (non-hydrogen) atoms. The fraction of sp³-hybridized carbons (Fsp3) is 0. The molecule has 11 rings (SSSR count). The van der Waals surface area contributed by atoms with Crippen molar-refractivity contribution in [2.75, 3.05) is 0 Å². The van der Waals surface area contributed by atoms with Gasteiger partial charge in [-0.3, -0.25) is 4.98 Å². The van der Waals surface area contributed by atoms with Gasteiger partial charge in [0.25, 0.3) is 0 Å². The lowest BCUT2D eigenvalue weighted by molar-refractivity contribution is 0.667. The van der Waals surface area contributed by atoms with Gasteiger partial charge in [0.1, 0.15) is 16.7 Å². The van der Waals surface area contributed by atoms with Crippen LogP contribution in [-0.2, 0) is 0 Å². The lowest BCUT2D eigenvalue weighted by Crippen LogP contribution is -2.00. The summed E-state index contributed by atoms with van der Waals surface area (Å²) >= 11 is 0. The molecule has 0 atom stereocenters. The molecule has 6 heteroatoms. The summed E-state index contributed by atoms with van der Waals surface area (Å²) in [7, 11) is 0. The van der Waals surface area contributed by atoms with Gasteiger partial charge in [-0.25, -0.2) is 15.0 Å². The molecule has 0 saturated heterocycles. The predicted octanol–water partition coefficient (Wildman–Crippen LogP) is 12.6. The molecule has 0 unspecified atom stereocenters. The average molecular weight is 693 g/mol. The lowest BCUT2D eigenvalue weighted by atomic mass is 9.90. The minimum Gasteiger partial charge on any atom is -0.456 e. The van der Waals surface area contributed by atoms with E-state index in [0.29, 0.717) is 23.1 Å². The molecule has 0 spiro atoms. The Kier molecular flexibility index (Phi) is 6.75. The number of hydrogen-bond donors (Lipinski definition) is 0. The highest BCUT2D eigenvalue weighted by atomic mass is 16.3. The molecule has 0 radical (unpaired) electrons. The largest absolute Gasteiger partial charge is 0.456 e. The maximum Gasteiger partial charge on any atom is 0.166 e. The fourth-order valence-electron chi connectivity index (χ4n) is 7.77. The fourth-order valence-corrected chi connectivity index (χ4v) is 7.77. The summed E-state index contributed by atoms with van der Waals surface area (Å²) < 4.78 is 12.4. The van der Waals surface area contributed by atoms with Crippen LogP contribution in [0.25, 0.3) is 111 Å². The van der Waals surface area contributed by atoms with E-state index in [0.717, 1.165) is 71.7 Å². The third kappa shape index (κ3) is 4.81. The Morgan fingerprint density at radius 2 is 0.815 bits per heavy atom. The van der Waals surface area contributed by atoms with Crippen molar-refractivity contribution in [2.45, 2.75) is 0 Å². The second-order valence-corrected chi connectivity index (χ2v) is 13.4. The first kappa shape index (κ1) is 30.2. The van der Waals surface area contributed by atoms with E-state index in [9.17, 15) is 0 Å². The van der Waals surface area contributed by atoms with E-state index in [1.807, 2.05) is 72.9 Å². The molecular formula is C48H28N4O2. The van der Waals surface area contributed by atoms with Crippen LogP contribution in [0.15, 0.2) is 179 Å². The monoisotopic (exact) mass is 692 g/mol. The Morgan fingerprint density at radius 3 is 1.54 bits per heavy atom. The zero-order chi connectivity index (χ0) is 35.6. The van der Waals surface area contributed by atoms with Crippen molar-refractivity contribution in [1.29, 1.82) is 0 Å². The van der Waals surface area contributed by atoms with Crippen molar-refractivity contribution in [3.63, 3.8) is 0 Å². The number of pyridine rings is 1. The van der Waals surface area contributed by atoms with Crippen LogP contribution in [0.3, 0.4) is 0 Å². The molecular weight excluding hydrogens is 665 g/mol. The topological polar surface area (TPSA) is 77.8 Å². The number of hydrogen-bond acceptors (Lipinski definition) is 6. The molecule has 252 valence electrons. The second kappa shape index (κ2) is 12.1. The SMILES string of the molecule is c1ccc(-c2nc(-c3ccc(-c4ccc(-c5cccc6oc7ccccc7c56)c5ccccc45)cc3)nc(-c3cncc4oc5ccccc5c34)n2)cc1. The number of para-hydroxylation sites is 2. The highest BCUT2D eigenvalue weighted by Crippen LogP contribution is 2.42. The molecule has 4 aromatic heterocycles. The highest BCUT2D eigenvalue weighted by Gasteiger charge is 2.19. The highest BCUT2D eigenvalue weighted by molar-refractivity contribution is 6.16. The maximum absolute atomic E-state index is 6.24. The third-order valence-corrected chi connectivity index (χ3v) is 10.3. The molecule has 0 bridgehead atoms. The van der Waals surface area contributed by atoms with E-state index in [1.165, 1.54) is 16.3 Å². The summed E-state index contributed by atoms with van der Waals surface area (Å²) in [6.07, 6.45) is 3.55. The van der Waals surface area contributed by atoms with Gasteiger partial charge in [-0.05, 0) is 51.2 Å². The molecule has 0 aliphatic carbocycles. The molecule has 0 saturated carbocycles. The van der Waals surface area contributed by atoms with Crippen molar-refractivity contribution in [2.24, 2.45) is 0 Å². The predicted molar refractivity (Wildman–Crippen MR) is 217 cm³/mol. The Hall–Kier alpha value is -7.44. The van der Waals surface area contributed by atoms with E-state index in [-0.39, 0.29) is 0 Å². The first-order valence-electron chi connectivity index (χ1n) is 17.9. The summed E-state index contributed by atoms with van der Waals surface area (Å²) in [4.78, 5) is 19.6. The molecule has 6 nitrogen and oxygen atoms in total. The molecule has 7 aromatic carbocycles. The van der Waals surface area contributed by atoms with Gasteiger partial charge in [-0.15, -0.1) is 0 Å². The summed E-state index contributed by atoms with van der Waals surface area (Å²) in [5, 5.41) is 6.53. The Bertz CT molecular complexity index is 3220. The summed E-state index contributed by atoms with van der Waals surface area (Å²) in [6, 6.07) is 54.2. The molecule has 0 amide bonds. The van der Waals surface area contributed by atoms with Crippen LogP contribution in [0.5, 0.6) is 0 Å². The lowest BCUT2D eigenvalue weighted by Gasteiger charge is -2.13. The van der Waals surface area contributed by atoms with Crippen LogP contribution in [0.1, 0.15) is 0 Å². The zero-order valence-electron chi connectivity index (χ0n) is 28.8.